The highest BCUT2D eigenvalue weighted by atomic mass is 32.2. The molecule has 0 aromatic heterocycles. The molecule has 0 fully saturated rings. The van der Waals surface area contributed by atoms with E-state index in [0.29, 0.717) is 12.2 Å². The summed E-state index contributed by atoms with van der Waals surface area (Å²) in [7, 11) is -3.26. The molecule has 142 valence electrons. The van der Waals surface area contributed by atoms with E-state index in [9.17, 15) is 18.3 Å². The molecule has 3 atom stereocenters. The van der Waals surface area contributed by atoms with Gasteiger partial charge in [-0.15, -0.1) is 0 Å². The second-order valence-electron chi connectivity index (χ2n) is 6.74. The third-order valence-corrected chi connectivity index (χ3v) is 5.69. The minimum absolute atomic E-state index is 0.0556. The summed E-state index contributed by atoms with van der Waals surface area (Å²) >= 11 is 0. The maximum Gasteiger partial charge on any atom is 0.235 e. The molecule has 0 bridgehead atoms. The van der Waals surface area contributed by atoms with Crippen LogP contribution in [0.15, 0.2) is 53.1 Å². The van der Waals surface area contributed by atoms with Crippen LogP contribution in [0.5, 0.6) is 0 Å². The molecule has 2 N–H and O–H groups in total. The van der Waals surface area contributed by atoms with Crippen molar-refractivity contribution >= 4 is 21.4 Å². The summed E-state index contributed by atoms with van der Waals surface area (Å²) in [6.07, 6.45) is 6.34. The Morgan fingerprint density at radius 3 is 2.42 bits per heavy atom. The van der Waals surface area contributed by atoms with Crippen LogP contribution in [-0.2, 0) is 14.6 Å². The maximum absolute atomic E-state index is 12.6. The average molecular weight is 378 g/mol. The number of rotatable bonds is 5. The number of anilines is 1. The predicted molar refractivity (Wildman–Crippen MR) is 102 cm³/mol. The summed E-state index contributed by atoms with van der Waals surface area (Å²) in [5.41, 5.74) is 1.42. The Labute approximate surface area is 155 Å². The monoisotopic (exact) mass is 378 g/mol. The number of carbonyl (C=O) groups excluding carboxylic acids is 1. The zero-order valence-electron chi connectivity index (χ0n) is 15.5. The molecule has 0 saturated heterocycles. The zero-order valence-corrected chi connectivity index (χ0v) is 16.3. The van der Waals surface area contributed by atoms with Crippen molar-refractivity contribution < 1.29 is 18.3 Å². The van der Waals surface area contributed by atoms with Crippen LogP contribution in [0.3, 0.4) is 0 Å². The third-order valence-electron chi connectivity index (χ3n) is 4.56. The topological polar surface area (TPSA) is 86.7 Å². The van der Waals surface area contributed by atoms with E-state index in [-0.39, 0.29) is 16.8 Å². The van der Waals surface area contributed by atoms with Crippen LogP contribution in [0.1, 0.15) is 20.8 Å². The molecular weight excluding hydrogens is 352 g/mol. The smallest absolute Gasteiger partial charge is 0.235 e. The number of hydrogen-bond acceptors (Lipinski definition) is 5. The van der Waals surface area contributed by atoms with Gasteiger partial charge in [0.2, 0.25) is 5.91 Å². The van der Waals surface area contributed by atoms with Gasteiger partial charge >= 0.3 is 0 Å². The van der Waals surface area contributed by atoms with Gasteiger partial charge in [0.15, 0.2) is 9.84 Å². The van der Waals surface area contributed by atoms with Crippen LogP contribution in [-0.4, -0.2) is 49.3 Å². The Bertz CT molecular complexity index is 810. The highest BCUT2D eigenvalue weighted by Crippen LogP contribution is 2.22. The van der Waals surface area contributed by atoms with Crippen LogP contribution in [0.2, 0.25) is 0 Å². The number of nitrogens with one attached hydrogen (secondary N) is 1. The lowest BCUT2D eigenvalue weighted by Gasteiger charge is -2.29. The first kappa shape index (κ1) is 20.2. The molecule has 0 spiro atoms. The number of nitrogens with zero attached hydrogens (tertiary/aromatic N) is 1. The fourth-order valence-corrected chi connectivity index (χ4v) is 3.36. The number of aliphatic hydroxyl groups excluding tert-OH is 1. The molecule has 1 aromatic carbocycles. The molecule has 1 aliphatic heterocycles. The van der Waals surface area contributed by atoms with Gasteiger partial charge in [-0.3, -0.25) is 4.79 Å². The van der Waals surface area contributed by atoms with Crippen LogP contribution >= 0.6 is 0 Å². The number of sulfone groups is 1. The first-order chi connectivity index (χ1) is 12.1. The normalized spacial score (nSPS) is 20.1. The number of aliphatic hydroxyl groups is 1. The van der Waals surface area contributed by atoms with Gasteiger partial charge in [-0.2, -0.15) is 0 Å². The molecule has 3 unspecified atom stereocenters. The first-order valence-electron chi connectivity index (χ1n) is 8.49. The van der Waals surface area contributed by atoms with Crippen molar-refractivity contribution in [1.82, 2.24) is 4.90 Å². The second-order valence-corrected chi connectivity index (χ2v) is 8.76. The van der Waals surface area contributed by atoms with E-state index >= 15 is 0 Å². The van der Waals surface area contributed by atoms with Crippen molar-refractivity contribution in [1.29, 1.82) is 0 Å². The van der Waals surface area contributed by atoms with Gasteiger partial charge < -0.3 is 15.3 Å². The predicted octanol–water partition coefficient (Wildman–Crippen LogP) is 2.19. The van der Waals surface area contributed by atoms with Gasteiger partial charge in [0.25, 0.3) is 0 Å². The van der Waals surface area contributed by atoms with Gasteiger partial charge in [-0.05, 0) is 56.8 Å². The van der Waals surface area contributed by atoms with Crippen molar-refractivity contribution in [2.24, 2.45) is 5.92 Å². The lowest BCUT2D eigenvalue weighted by atomic mass is 10.00. The van der Waals surface area contributed by atoms with E-state index in [4.69, 9.17) is 0 Å². The fraction of sp³-hybridized carbons (Fsp3) is 0.421. The summed E-state index contributed by atoms with van der Waals surface area (Å²) in [6.45, 7) is 6.18. The molecule has 26 heavy (non-hydrogen) atoms. The molecule has 0 aliphatic carbocycles. The van der Waals surface area contributed by atoms with Crippen LogP contribution in [0.4, 0.5) is 5.69 Å². The third kappa shape index (κ3) is 4.95. The Balaban J connectivity index is 2.13. The highest BCUT2D eigenvalue weighted by molar-refractivity contribution is 7.90. The van der Waals surface area contributed by atoms with E-state index in [2.05, 4.69) is 5.32 Å². The molecule has 1 amide bonds. The van der Waals surface area contributed by atoms with E-state index in [1.165, 1.54) is 12.1 Å². The average Bonchev–Trinajstić information content (AvgIpc) is 2.75. The van der Waals surface area contributed by atoms with Crippen LogP contribution in [0.25, 0.3) is 0 Å². The molecule has 2 rings (SSSR count). The van der Waals surface area contributed by atoms with Gasteiger partial charge in [0, 0.05) is 18.5 Å². The summed E-state index contributed by atoms with van der Waals surface area (Å²) < 4.78 is 23.0. The highest BCUT2D eigenvalue weighted by Gasteiger charge is 2.23. The van der Waals surface area contributed by atoms with Crippen molar-refractivity contribution in [3.63, 3.8) is 0 Å². The molecular formula is C19H26N2O4S. The summed E-state index contributed by atoms with van der Waals surface area (Å²) in [4.78, 5) is 14.8. The Morgan fingerprint density at radius 1 is 1.27 bits per heavy atom. The minimum Gasteiger partial charge on any atom is -0.391 e. The van der Waals surface area contributed by atoms with Gasteiger partial charge in [-0.1, -0.05) is 12.2 Å². The zero-order chi connectivity index (χ0) is 19.5. The van der Waals surface area contributed by atoms with Gasteiger partial charge in [-0.25, -0.2) is 8.42 Å². The van der Waals surface area contributed by atoms with Gasteiger partial charge in [0.1, 0.15) is 0 Å². The summed E-state index contributed by atoms with van der Waals surface area (Å²) in [5, 5.41) is 12.6. The van der Waals surface area contributed by atoms with Crippen LogP contribution in [0, 0.1) is 5.92 Å². The fourth-order valence-electron chi connectivity index (χ4n) is 2.73. The second kappa shape index (κ2) is 8.05. The molecule has 0 radical (unpaired) electrons. The molecule has 0 saturated carbocycles. The van der Waals surface area contributed by atoms with E-state index < -0.39 is 21.9 Å². The number of amides is 1. The number of benzene rings is 1. The van der Waals surface area contributed by atoms with E-state index in [0.717, 1.165) is 11.8 Å². The molecule has 1 aromatic rings. The molecule has 6 nitrogen and oxygen atoms in total. The first-order valence-corrected chi connectivity index (χ1v) is 10.4. The summed E-state index contributed by atoms with van der Waals surface area (Å²) in [5.74, 6) is -0.607. The Morgan fingerprint density at radius 2 is 1.88 bits per heavy atom. The largest absolute Gasteiger partial charge is 0.391 e. The van der Waals surface area contributed by atoms with Crippen LogP contribution < -0.4 is 5.32 Å². The standard InChI is InChI=1S/C19H26N2O4S/c1-13-12-21(14(2)15(3)22)11-5-6-18(13)19(23)20-16-7-9-17(10-8-16)26(4,24)25/h5-10,12,14-15,18,22H,11H2,1-4H3,(H,20,23). The lowest BCUT2D eigenvalue weighted by Crippen LogP contribution is -2.36. The number of hydrogen-bond donors (Lipinski definition) is 2. The molecule has 1 heterocycles. The Kier molecular flexibility index (Phi) is 6.26. The van der Waals surface area contributed by atoms with Crippen molar-refractivity contribution in [2.45, 2.75) is 37.8 Å². The minimum atomic E-state index is -3.26. The quantitative estimate of drug-likeness (QED) is 0.767. The van der Waals surface area contributed by atoms with E-state index in [1.807, 2.05) is 37.1 Å². The summed E-state index contributed by atoms with van der Waals surface area (Å²) in [6, 6.07) is 6.05. The molecule has 1 aliphatic rings. The van der Waals surface area contributed by atoms with Crippen molar-refractivity contribution in [3.05, 3.63) is 48.2 Å². The van der Waals surface area contributed by atoms with Crippen molar-refractivity contribution in [2.75, 3.05) is 18.1 Å². The number of carbonyl (C=O) groups is 1. The lowest BCUT2D eigenvalue weighted by molar-refractivity contribution is -0.117. The Hall–Kier alpha value is -2.12. The van der Waals surface area contributed by atoms with Gasteiger partial charge in [0.05, 0.1) is 23.0 Å². The SMILES string of the molecule is CC1=CN(C(C)C(C)O)CC=CC1C(=O)Nc1ccc(S(C)(=O)=O)cc1. The molecule has 7 heteroatoms. The van der Waals surface area contributed by atoms with E-state index in [1.54, 1.807) is 19.1 Å². The van der Waals surface area contributed by atoms with Crippen molar-refractivity contribution in [3.8, 4) is 0 Å². The maximum atomic E-state index is 12.6.